The Balaban J connectivity index is 1.66. The maximum atomic E-state index is 12.9. The minimum absolute atomic E-state index is 0.289. The predicted octanol–water partition coefficient (Wildman–Crippen LogP) is 2.59. The number of amides is 1. The molecule has 0 atom stereocenters. The van der Waals surface area contributed by atoms with E-state index in [0.29, 0.717) is 17.5 Å². The second-order valence-electron chi connectivity index (χ2n) is 6.39. The summed E-state index contributed by atoms with van der Waals surface area (Å²) in [6.07, 6.45) is 0. The fourth-order valence-electron chi connectivity index (χ4n) is 2.91. The van der Waals surface area contributed by atoms with Crippen molar-refractivity contribution in [2.24, 2.45) is 0 Å². The Morgan fingerprint density at radius 2 is 1.95 bits per heavy atom. The molecule has 2 saturated heterocycles. The molecular formula is C16H20F2N2O. The Hall–Kier alpha value is -1.49. The lowest BCUT2D eigenvalue weighted by Crippen LogP contribution is -2.58. The van der Waals surface area contributed by atoms with E-state index in [4.69, 9.17) is 0 Å². The Kier molecular flexibility index (Phi) is 3.48. The number of alkyl halides is 2. The van der Waals surface area contributed by atoms with E-state index in [9.17, 15) is 13.6 Å². The van der Waals surface area contributed by atoms with Gasteiger partial charge in [0.25, 0.3) is 11.8 Å². The lowest BCUT2D eigenvalue weighted by atomic mass is 9.89. The smallest absolute Gasteiger partial charge is 0.282 e. The van der Waals surface area contributed by atoms with E-state index in [2.05, 4.69) is 18.7 Å². The average molecular weight is 294 g/mol. The first-order valence-electron chi connectivity index (χ1n) is 7.37. The van der Waals surface area contributed by atoms with E-state index in [0.717, 1.165) is 18.7 Å². The van der Waals surface area contributed by atoms with Gasteiger partial charge in [-0.25, -0.2) is 8.78 Å². The van der Waals surface area contributed by atoms with E-state index in [1.807, 2.05) is 18.2 Å². The number of hydrogen-bond acceptors (Lipinski definition) is 2. The SMILES string of the molecule is CC(C)N1CC(c2cccc(C(=O)N3CC(F)(F)C3)c2)C1. The molecule has 1 aromatic rings. The third kappa shape index (κ3) is 2.79. The van der Waals surface area contributed by atoms with Crippen LogP contribution < -0.4 is 0 Å². The van der Waals surface area contributed by atoms with Crippen molar-refractivity contribution < 1.29 is 13.6 Å². The molecule has 3 rings (SSSR count). The molecule has 2 heterocycles. The first-order valence-corrected chi connectivity index (χ1v) is 7.37. The zero-order chi connectivity index (χ0) is 15.2. The van der Waals surface area contributed by atoms with E-state index in [1.165, 1.54) is 4.90 Å². The van der Waals surface area contributed by atoms with Crippen LogP contribution in [0.3, 0.4) is 0 Å². The van der Waals surface area contributed by atoms with Gasteiger partial charge in [0.1, 0.15) is 0 Å². The van der Waals surface area contributed by atoms with Crippen LogP contribution in [0.15, 0.2) is 24.3 Å². The molecule has 0 radical (unpaired) electrons. The third-order valence-corrected chi connectivity index (χ3v) is 4.38. The van der Waals surface area contributed by atoms with Crippen LogP contribution in [0, 0.1) is 0 Å². The number of likely N-dealkylation sites (tertiary alicyclic amines) is 2. The number of halogens is 2. The van der Waals surface area contributed by atoms with Crippen LogP contribution in [-0.2, 0) is 0 Å². The van der Waals surface area contributed by atoms with Crippen molar-refractivity contribution in [2.75, 3.05) is 26.2 Å². The number of nitrogens with zero attached hydrogens (tertiary/aromatic N) is 2. The van der Waals surface area contributed by atoms with Gasteiger partial charge in [-0.2, -0.15) is 0 Å². The van der Waals surface area contributed by atoms with Crippen molar-refractivity contribution in [1.82, 2.24) is 9.80 Å². The van der Waals surface area contributed by atoms with Crippen LogP contribution in [-0.4, -0.2) is 53.9 Å². The highest BCUT2D eigenvalue weighted by Crippen LogP contribution is 2.31. The van der Waals surface area contributed by atoms with E-state index >= 15 is 0 Å². The normalized spacial score (nSPS) is 22.0. The van der Waals surface area contributed by atoms with Crippen molar-refractivity contribution in [2.45, 2.75) is 31.7 Å². The number of benzene rings is 1. The molecule has 0 bridgehead atoms. The first kappa shape index (κ1) is 14.4. The summed E-state index contributed by atoms with van der Waals surface area (Å²) < 4.78 is 25.7. The Morgan fingerprint density at radius 3 is 2.52 bits per heavy atom. The molecule has 0 aliphatic carbocycles. The molecule has 21 heavy (non-hydrogen) atoms. The molecule has 2 fully saturated rings. The van der Waals surface area contributed by atoms with Gasteiger partial charge >= 0.3 is 0 Å². The molecule has 0 N–H and O–H groups in total. The second kappa shape index (κ2) is 5.05. The molecule has 1 aromatic carbocycles. The third-order valence-electron chi connectivity index (χ3n) is 4.38. The molecule has 3 nitrogen and oxygen atoms in total. The zero-order valence-electron chi connectivity index (χ0n) is 12.4. The number of carbonyl (C=O) groups excluding carboxylic acids is 1. The molecule has 0 aromatic heterocycles. The molecule has 1 amide bonds. The summed E-state index contributed by atoms with van der Waals surface area (Å²) >= 11 is 0. The van der Waals surface area contributed by atoms with Crippen molar-refractivity contribution in [3.8, 4) is 0 Å². The quantitative estimate of drug-likeness (QED) is 0.855. The topological polar surface area (TPSA) is 23.6 Å². The number of hydrogen-bond donors (Lipinski definition) is 0. The van der Waals surface area contributed by atoms with Gasteiger partial charge in [-0.05, 0) is 31.5 Å². The lowest BCUT2D eigenvalue weighted by molar-refractivity contribution is -0.113. The largest absolute Gasteiger partial charge is 0.326 e. The predicted molar refractivity (Wildman–Crippen MR) is 76.7 cm³/mol. The van der Waals surface area contributed by atoms with Crippen molar-refractivity contribution >= 4 is 5.91 Å². The molecule has 0 spiro atoms. The summed E-state index contributed by atoms with van der Waals surface area (Å²) in [6.45, 7) is 5.41. The minimum Gasteiger partial charge on any atom is -0.326 e. The summed E-state index contributed by atoms with van der Waals surface area (Å²) in [6, 6.07) is 7.97. The van der Waals surface area contributed by atoms with Gasteiger partial charge in [0.2, 0.25) is 0 Å². The molecule has 114 valence electrons. The fourth-order valence-corrected chi connectivity index (χ4v) is 2.91. The molecule has 2 aliphatic heterocycles. The van der Waals surface area contributed by atoms with Crippen LogP contribution in [0.1, 0.15) is 35.7 Å². The van der Waals surface area contributed by atoms with Crippen LogP contribution in [0.5, 0.6) is 0 Å². The second-order valence-corrected chi connectivity index (χ2v) is 6.39. The van der Waals surface area contributed by atoms with Gasteiger partial charge in [0, 0.05) is 30.6 Å². The molecule has 2 aliphatic rings. The van der Waals surface area contributed by atoms with Gasteiger partial charge in [0.15, 0.2) is 0 Å². The summed E-state index contributed by atoms with van der Waals surface area (Å²) in [5.74, 6) is -2.56. The summed E-state index contributed by atoms with van der Waals surface area (Å²) in [5.41, 5.74) is 1.65. The summed E-state index contributed by atoms with van der Waals surface area (Å²) in [4.78, 5) is 15.7. The molecule has 5 heteroatoms. The maximum absolute atomic E-state index is 12.9. The van der Waals surface area contributed by atoms with Crippen LogP contribution in [0.25, 0.3) is 0 Å². The van der Waals surface area contributed by atoms with E-state index in [1.54, 1.807) is 6.07 Å². The zero-order valence-corrected chi connectivity index (χ0v) is 12.4. The van der Waals surface area contributed by atoms with Crippen LogP contribution in [0.2, 0.25) is 0 Å². The lowest BCUT2D eigenvalue weighted by Gasteiger charge is -2.42. The van der Waals surface area contributed by atoms with Crippen molar-refractivity contribution in [1.29, 1.82) is 0 Å². The monoisotopic (exact) mass is 294 g/mol. The fraction of sp³-hybridized carbons (Fsp3) is 0.562. The number of carbonyl (C=O) groups is 1. The van der Waals surface area contributed by atoms with Gasteiger partial charge in [-0.15, -0.1) is 0 Å². The van der Waals surface area contributed by atoms with Crippen molar-refractivity contribution in [3.05, 3.63) is 35.4 Å². The Morgan fingerprint density at radius 1 is 1.29 bits per heavy atom. The summed E-state index contributed by atoms with van der Waals surface area (Å²) in [7, 11) is 0. The highest BCUT2D eigenvalue weighted by atomic mass is 19.3. The van der Waals surface area contributed by atoms with Gasteiger partial charge in [-0.1, -0.05) is 12.1 Å². The molecular weight excluding hydrogens is 274 g/mol. The Labute approximate surface area is 123 Å². The average Bonchev–Trinajstić information content (AvgIpc) is 2.33. The highest BCUT2D eigenvalue weighted by molar-refractivity contribution is 5.95. The minimum atomic E-state index is -2.71. The Bertz CT molecular complexity index is 545. The molecule has 0 saturated carbocycles. The van der Waals surface area contributed by atoms with Crippen molar-refractivity contribution in [3.63, 3.8) is 0 Å². The number of rotatable bonds is 3. The maximum Gasteiger partial charge on any atom is 0.282 e. The van der Waals surface area contributed by atoms with Crippen LogP contribution in [0.4, 0.5) is 8.78 Å². The van der Waals surface area contributed by atoms with Gasteiger partial charge in [0.05, 0.1) is 13.1 Å². The van der Waals surface area contributed by atoms with E-state index in [-0.39, 0.29) is 5.91 Å². The van der Waals surface area contributed by atoms with Crippen LogP contribution >= 0.6 is 0 Å². The summed E-state index contributed by atoms with van der Waals surface area (Å²) in [5, 5.41) is 0. The first-order chi connectivity index (χ1) is 9.85. The highest BCUT2D eigenvalue weighted by Gasteiger charge is 2.46. The van der Waals surface area contributed by atoms with Gasteiger partial charge in [-0.3, -0.25) is 9.69 Å². The standard InChI is InChI=1S/C16H20F2N2O/c1-11(2)19-7-14(8-19)12-4-3-5-13(6-12)15(21)20-9-16(17,18)10-20/h3-6,11,14H,7-10H2,1-2H3. The molecule has 0 unspecified atom stereocenters. The van der Waals surface area contributed by atoms with Gasteiger partial charge < -0.3 is 4.90 Å². The van der Waals surface area contributed by atoms with E-state index < -0.39 is 19.0 Å².